The van der Waals surface area contributed by atoms with Crippen LogP contribution >= 0.6 is 0 Å². The van der Waals surface area contributed by atoms with Gasteiger partial charge in [-0.2, -0.15) is 0 Å². The molecule has 3 rings (SSSR count). The van der Waals surface area contributed by atoms with E-state index in [9.17, 15) is 0 Å². The number of aliphatic imine (C=N–C) groups is 1. The molecule has 2 aliphatic rings. The first-order chi connectivity index (χ1) is 8.75. The van der Waals surface area contributed by atoms with E-state index in [1.54, 1.807) is 6.20 Å². The lowest BCUT2D eigenvalue weighted by molar-refractivity contribution is 0.821. The molecule has 0 aliphatic carbocycles. The van der Waals surface area contributed by atoms with Gasteiger partial charge in [-0.05, 0) is 42.5 Å². The number of aryl methyl sites for hydroxylation is 1. The number of dihydropyridines is 1. The summed E-state index contributed by atoms with van der Waals surface area (Å²) in [7, 11) is 0. The molecule has 1 atom stereocenters. The van der Waals surface area contributed by atoms with Gasteiger partial charge in [-0.1, -0.05) is 12.1 Å². The lowest BCUT2D eigenvalue weighted by Crippen LogP contribution is -2.42. The van der Waals surface area contributed by atoms with Gasteiger partial charge in [0.2, 0.25) is 0 Å². The number of aromatic nitrogens is 1. The molecule has 0 radical (unpaired) electrons. The van der Waals surface area contributed by atoms with Gasteiger partial charge in [-0.3, -0.25) is 4.98 Å². The summed E-state index contributed by atoms with van der Waals surface area (Å²) in [5.74, 6) is 0.577. The minimum atomic E-state index is -0.0113. The maximum Gasteiger partial charge on any atom is 0.127 e. The number of hydrogen-bond donors (Lipinski definition) is 2. The molecule has 0 saturated heterocycles. The zero-order valence-electron chi connectivity index (χ0n) is 10.1. The van der Waals surface area contributed by atoms with Crippen LogP contribution in [0.1, 0.15) is 11.3 Å². The molecule has 0 amide bonds. The number of allylic oxidation sites excluding steroid dienone is 2. The lowest BCUT2D eigenvalue weighted by atomic mass is 9.98. The van der Waals surface area contributed by atoms with E-state index in [4.69, 9.17) is 5.73 Å². The molecule has 4 nitrogen and oxygen atoms in total. The van der Waals surface area contributed by atoms with Crippen LogP contribution in [0.25, 0.3) is 5.70 Å². The Labute approximate surface area is 106 Å². The summed E-state index contributed by atoms with van der Waals surface area (Å²) < 4.78 is 0. The van der Waals surface area contributed by atoms with Gasteiger partial charge >= 0.3 is 0 Å². The zero-order valence-corrected chi connectivity index (χ0v) is 10.1. The highest BCUT2D eigenvalue weighted by Gasteiger charge is 2.23. The van der Waals surface area contributed by atoms with Crippen molar-refractivity contribution in [3.8, 4) is 0 Å². The van der Waals surface area contributed by atoms with Crippen LogP contribution in [0.4, 0.5) is 0 Å². The Morgan fingerprint density at radius 3 is 3.11 bits per heavy atom. The van der Waals surface area contributed by atoms with E-state index < -0.39 is 0 Å². The van der Waals surface area contributed by atoms with Gasteiger partial charge < -0.3 is 11.1 Å². The largest absolute Gasteiger partial charge is 0.385 e. The van der Waals surface area contributed by atoms with E-state index in [0.717, 1.165) is 22.5 Å². The molecule has 0 spiro atoms. The fraction of sp³-hybridized carbons (Fsp3) is 0.143. The number of nitrogens with zero attached hydrogens (tertiary/aromatic N) is 2. The fourth-order valence-electron chi connectivity index (χ4n) is 2.16. The van der Waals surface area contributed by atoms with E-state index in [-0.39, 0.29) is 6.04 Å². The summed E-state index contributed by atoms with van der Waals surface area (Å²) in [5, 5.41) is 3.19. The van der Waals surface area contributed by atoms with Crippen molar-refractivity contribution in [2.75, 3.05) is 0 Å². The summed E-state index contributed by atoms with van der Waals surface area (Å²) >= 11 is 0. The Bertz CT molecular complexity index is 608. The molecule has 18 heavy (non-hydrogen) atoms. The van der Waals surface area contributed by atoms with Crippen LogP contribution < -0.4 is 11.1 Å². The minimum Gasteiger partial charge on any atom is -0.385 e. The van der Waals surface area contributed by atoms with E-state index >= 15 is 0 Å². The quantitative estimate of drug-likeness (QED) is 0.779. The monoisotopic (exact) mass is 238 g/mol. The van der Waals surface area contributed by atoms with Crippen LogP contribution in [0.2, 0.25) is 0 Å². The molecule has 1 unspecified atom stereocenters. The van der Waals surface area contributed by atoms with Crippen LogP contribution in [0.15, 0.2) is 53.3 Å². The van der Waals surface area contributed by atoms with Gasteiger partial charge in [0.1, 0.15) is 11.9 Å². The highest BCUT2D eigenvalue weighted by Crippen LogP contribution is 2.25. The number of hydrogen-bond acceptors (Lipinski definition) is 4. The van der Waals surface area contributed by atoms with Crippen molar-refractivity contribution in [3.63, 3.8) is 0 Å². The van der Waals surface area contributed by atoms with Crippen molar-refractivity contribution in [3.05, 3.63) is 59.6 Å². The first-order valence-electron chi connectivity index (χ1n) is 5.86. The number of nitrogens with one attached hydrogen (secondary N) is 1. The molecule has 1 aromatic rings. The fourth-order valence-corrected chi connectivity index (χ4v) is 2.16. The van der Waals surface area contributed by atoms with E-state index in [0.29, 0.717) is 5.84 Å². The molecular formula is C14H14N4. The molecule has 90 valence electrons. The predicted octanol–water partition coefficient (Wildman–Crippen LogP) is 1.51. The summed E-state index contributed by atoms with van der Waals surface area (Å²) in [6.07, 6.45) is 9.69. The van der Waals surface area contributed by atoms with Crippen molar-refractivity contribution >= 4 is 11.5 Å². The molecule has 3 N–H and O–H groups in total. The maximum absolute atomic E-state index is 6.01. The molecule has 1 aromatic heterocycles. The molecule has 3 heterocycles. The highest BCUT2D eigenvalue weighted by atomic mass is 15.0. The second kappa shape index (κ2) is 4.14. The van der Waals surface area contributed by atoms with Gasteiger partial charge in [-0.15, -0.1) is 0 Å². The Kier molecular flexibility index (Phi) is 2.48. The third-order valence-electron chi connectivity index (χ3n) is 3.08. The standard InChI is InChI=1S/C14H14N4/c1-9-4-2-6-16-12(9)11-8-10-5-3-7-17-13(10)14(15)18-11/h2-8,13,17H,1H3,(H2,15,18). The molecule has 0 fully saturated rings. The molecule has 2 aliphatic heterocycles. The van der Waals surface area contributed by atoms with Gasteiger partial charge in [0.05, 0.1) is 11.4 Å². The predicted molar refractivity (Wildman–Crippen MR) is 72.7 cm³/mol. The van der Waals surface area contributed by atoms with Crippen molar-refractivity contribution in [2.24, 2.45) is 10.7 Å². The van der Waals surface area contributed by atoms with E-state index in [1.165, 1.54) is 0 Å². The molecular weight excluding hydrogens is 224 g/mol. The third kappa shape index (κ3) is 1.72. The second-order valence-electron chi connectivity index (χ2n) is 4.36. The number of nitrogens with two attached hydrogens (primary N) is 1. The third-order valence-corrected chi connectivity index (χ3v) is 3.08. The SMILES string of the molecule is Cc1cccnc1C1=CC2=CC=CNC2C(N)=N1. The van der Waals surface area contributed by atoms with E-state index in [2.05, 4.69) is 15.3 Å². The Balaban J connectivity index is 2.09. The molecule has 0 saturated carbocycles. The van der Waals surface area contributed by atoms with Crippen molar-refractivity contribution < 1.29 is 0 Å². The minimum absolute atomic E-state index is 0.0113. The summed E-state index contributed by atoms with van der Waals surface area (Å²) in [6.45, 7) is 2.02. The summed E-state index contributed by atoms with van der Waals surface area (Å²) in [5.41, 5.74) is 9.93. The van der Waals surface area contributed by atoms with E-state index in [1.807, 2.05) is 43.5 Å². The zero-order chi connectivity index (χ0) is 12.5. The summed E-state index contributed by atoms with van der Waals surface area (Å²) in [6, 6.07) is 3.93. The van der Waals surface area contributed by atoms with Crippen molar-refractivity contribution in [2.45, 2.75) is 13.0 Å². The number of fused-ring (bicyclic) bond motifs is 1. The molecule has 0 bridgehead atoms. The average Bonchev–Trinajstić information content (AvgIpc) is 2.39. The van der Waals surface area contributed by atoms with Crippen LogP contribution in [0.5, 0.6) is 0 Å². The van der Waals surface area contributed by atoms with Gasteiger partial charge in [0, 0.05) is 6.20 Å². The number of rotatable bonds is 1. The molecule has 0 aromatic carbocycles. The number of pyridine rings is 1. The highest BCUT2D eigenvalue weighted by molar-refractivity contribution is 5.97. The van der Waals surface area contributed by atoms with Gasteiger partial charge in [0.15, 0.2) is 0 Å². The molecule has 4 heteroatoms. The normalized spacial score (nSPS) is 21.4. The van der Waals surface area contributed by atoms with Gasteiger partial charge in [-0.25, -0.2) is 4.99 Å². The Hall–Kier alpha value is -2.36. The first-order valence-corrected chi connectivity index (χ1v) is 5.86. The Morgan fingerprint density at radius 2 is 2.28 bits per heavy atom. The van der Waals surface area contributed by atoms with Crippen LogP contribution in [0.3, 0.4) is 0 Å². The smallest absolute Gasteiger partial charge is 0.127 e. The van der Waals surface area contributed by atoms with Crippen LogP contribution in [-0.4, -0.2) is 16.9 Å². The Morgan fingerprint density at radius 1 is 1.39 bits per heavy atom. The van der Waals surface area contributed by atoms with Crippen molar-refractivity contribution in [1.82, 2.24) is 10.3 Å². The van der Waals surface area contributed by atoms with Crippen LogP contribution in [-0.2, 0) is 0 Å². The lowest BCUT2D eigenvalue weighted by Gasteiger charge is -2.25. The van der Waals surface area contributed by atoms with Crippen molar-refractivity contribution in [1.29, 1.82) is 0 Å². The van der Waals surface area contributed by atoms with Crippen LogP contribution in [0, 0.1) is 6.92 Å². The maximum atomic E-state index is 6.01. The second-order valence-corrected chi connectivity index (χ2v) is 4.36. The first kappa shape index (κ1) is 10.8. The topological polar surface area (TPSA) is 63.3 Å². The van der Waals surface area contributed by atoms with Gasteiger partial charge in [0.25, 0.3) is 0 Å². The number of amidine groups is 1. The average molecular weight is 238 g/mol. The summed E-state index contributed by atoms with van der Waals surface area (Å²) in [4.78, 5) is 8.83.